The highest BCUT2D eigenvalue weighted by molar-refractivity contribution is 7.22. The molecule has 0 spiro atoms. The highest BCUT2D eigenvalue weighted by Crippen LogP contribution is 2.41. The third-order valence-corrected chi connectivity index (χ3v) is 7.71. The molecule has 36 heavy (non-hydrogen) atoms. The number of hydrogen-bond acceptors (Lipinski definition) is 7. The number of thiophene rings is 1. The summed E-state index contributed by atoms with van der Waals surface area (Å²) in [5.74, 6) is 0.522. The first-order valence-electron chi connectivity index (χ1n) is 12.0. The number of aromatic hydroxyl groups is 2. The van der Waals surface area contributed by atoms with E-state index in [-0.39, 0.29) is 17.3 Å². The summed E-state index contributed by atoms with van der Waals surface area (Å²) in [7, 11) is 0. The van der Waals surface area contributed by atoms with E-state index in [0.717, 1.165) is 40.2 Å². The van der Waals surface area contributed by atoms with Gasteiger partial charge in [-0.05, 0) is 92.2 Å². The van der Waals surface area contributed by atoms with Crippen LogP contribution in [0.2, 0.25) is 0 Å². The number of benzene rings is 3. The maximum absolute atomic E-state index is 13.8. The summed E-state index contributed by atoms with van der Waals surface area (Å²) in [4.78, 5) is 16.9. The molecule has 4 aromatic rings. The number of phenolic OH excluding ortho intramolecular Hbond substituents is 2. The molecule has 1 aliphatic heterocycles. The second-order valence-corrected chi connectivity index (χ2v) is 9.99. The molecule has 0 aliphatic carbocycles. The van der Waals surface area contributed by atoms with Crippen molar-refractivity contribution in [2.45, 2.75) is 19.3 Å². The second-order valence-electron chi connectivity index (χ2n) is 8.94. The monoisotopic (exact) mass is 498 g/mol. The van der Waals surface area contributed by atoms with Crippen LogP contribution in [0.5, 0.6) is 17.2 Å². The summed E-state index contributed by atoms with van der Waals surface area (Å²) >= 11 is 1.40. The number of likely N-dealkylation sites (tertiary alicyclic amines) is 1. The molecule has 7 heteroatoms. The van der Waals surface area contributed by atoms with Gasteiger partial charge in [-0.2, -0.15) is 5.26 Å². The average Bonchev–Trinajstić information content (AvgIpc) is 3.28. The highest BCUT2D eigenvalue weighted by Gasteiger charge is 2.23. The van der Waals surface area contributed by atoms with Crippen LogP contribution in [0.4, 0.5) is 0 Å². The Bertz CT molecular complexity index is 1450. The number of nitrogens with zero attached hydrogens (tertiary/aromatic N) is 2. The van der Waals surface area contributed by atoms with E-state index in [4.69, 9.17) is 4.74 Å². The normalized spacial score (nSPS) is 14.0. The minimum atomic E-state index is -0.216. The topological polar surface area (TPSA) is 93.8 Å². The molecule has 1 aliphatic rings. The Balaban J connectivity index is 1.46. The maximum Gasteiger partial charge on any atom is 0.195 e. The zero-order valence-electron chi connectivity index (χ0n) is 19.7. The lowest BCUT2D eigenvalue weighted by molar-refractivity contribution is 0.104. The lowest BCUT2D eigenvalue weighted by Gasteiger charge is -2.26. The van der Waals surface area contributed by atoms with E-state index < -0.39 is 0 Å². The van der Waals surface area contributed by atoms with Gasteiger partial charge in [-0.25, -0.2) is 0 Å². The van der Waals surface area contributed by atoms with E-state index in [9.17, 15) is 20.3 Å². The Morgan fingerprint density at radius 2 is 1.72 bits per heavy atom. The third kappa shape index (κ3) is 4.92. The molecule has 1 fully saturated rings. The fourth-order valence-electron chi connectivity index (χ4n) is 4.62. The second kappa shape index (κ2) is 10.4. The van der Waals surface area contributed by atoms with Crippen molar-refractivity contribution >= 4 is 27.2 Å². The number of ketones is 1. The lowest BCUT2D eigenvalue weighted by Crippen LogP contribution is -2.33. The molecule has 2 N–H and O–H groups in total. The Hall–Kier alpha value is -3.86. The smallest absolute Gasteiger partial charge is 0.195 e. The van der Waals surface area contributed by atoms with Gasteiger partial charge in [0.05, 0.1) is 5.56 Å². The molecule has 0 radical (unpaired) electrons. The Labute approximate surface area is 213 Å². The molecule has 0 saturated carbocycles. The van der Waals surface area contributed by atoms with Crippen molar-refractivity contribution in [1.29, 1.82) is 5.26 Å². The largest absolute Gasteiger partial charge is 0.508 e. The fraction of sp³-hybridized carbons (Fsp3) is 0.241. The van der Waals surface area contributed by atoms with E-state index >= 15 is 0 Å². The van der Waals surface area contributed by atoms with Crippen LogP contribution in [0, 0.1) is 11.3 Å². The molecular weight excluding hydrogens is 472 g/mol. The van der Waals surface area contributed by atoms with Gasteiger partial charge in [0, 0.05) is 32.6 Å². The van der Waals surface area contributed by atoms with Crippen LogP contribution < -0.4 is 4.74 Å². The van der Waals surface area contributed by atoms with Gasteiger partial charge in [0.25, 0.3) is 0 Å². The van der Waals surface area contributed by atoms with E-state index in [1.165, 1.54) is 30.6 Å². The predicted octanol–water partition coefficient (Wildman–Crippen LogP) is 5.95. The van der Waals surface area contributed by atoms with E-state index in [1.54, 1.807) is 60.7 Å². The summed E-state index contributed by atoms with van der Waals surface area (Å²) in [5.41, 5.74) is 2.00. The Morgan fingerprint density at radius 1 is 0.972 bits per heavy atom. The van der Waals surface area contributed by atoms with Gasteiger partial charge in [-0.3, -0.25) is 9.69 Å². The summed E-state index contributed by atoms with van der Waals surface area (Å²) in [6, 6.07) is 18.8. The first-order valence-corrected chi connectivity index (χ1v) is 12.8. The van der Waals surface area contributed by atoms with Crippen molar-refractivity contribution in [3.05, 3.63) is 77.4 Å². The van der Waals surface area contributed by atoms with Gasteiger partial charge in [0.2, 0.25) is 0 Å². The van der Waals surface area contributed by atoms with Gasteiger partial charge in [0.15, 0.2) is 5.78 Å². The quantitative estimate of drug-likeness (QED) is 0.306. The highest BCUT2D eigenvalue weighted by atomic mass is 32.1. The van der Waals surface area contributed by atoms with Gasteiger partial charge < -0.3 is 14.9 Å². The van der Waals surface area contributed by atoms with Gasteiger partial charge in [-0.1, -0.05) is 6.42 Å². The first kappa shape index (κ1) is 23.9. The summed E-state index contributed by atoms with van der Waals surface area (Å²) in [6.45, 7) is 3.47. The molecule has 1 aromatic heterocycles. The standard InChI is InChI=1S/C29H26N2O4S/c30-18-21-16-20(6-11-25(21)35-15-14-31-12-2-1-3-13-31)28(34)27-24-10-9-23(33)17-26(24)36-29(27)19-4-7-22(32)8-5-19/h4-11,16-17,32-33H,1-3,12-15H2. The number of phenols is 2. The number of hydrogen-bond donors (Lipinski definition) is 2. The molecule has 1 saturated heterocycles. The molecule has 6 nitrogen and oxygen atoms in total. The average molecular weight is 499 g/mol. The number of nitriles is 1. The van der Waals surface area contributed by atoms with Crippen molar-refractivity contribution < 1.29 is 19.7 Å². The fourth-order valence-corrected chi connectivity index (χ4v) is 5.86. The van der Waals surface area contributed by atoms with E-state index in [0.29, 0.717) is 29.0 Å². The SMILES string of the molecule is N#Cc1cc(C(=O)c2c(-c3ccc(O)cc3)sc3cc(O)ccc23)ccc1OCCN1CCCCC1. The van der Waals surface area contributed by atoms with Crippen molar-refractivity contribution in [1.82, 2.24) is 4.90 Å². The molecule has 2 heterocycles. The van der Waals surface area contributed by atoms with Crippen LogP contribution in [0.15, 0.2) is 60.7 Å². The van der Waals surface area contributed by atoms with E-state index in [1.807, 2.05) is 0 Å². The van der Waals surface area contributed by atoms with Gasteiger partial charge in [-0.15, -0.1) is 11.3 Å². The van der Waals surface area contributed by atoms with Crippen LogP contribution in [-0.2, 0) is 0 Å². The van der Waals surface area contributed by atoms with Crippen LogP contribution in [0.25, 0.3) is 20.5 Å². The zero-order valence-corrected chi connectivity index (χ0v) is 20.6. The minimum absolute atomic E-state index is 0.123. The number of piperidine rings is 1. The van der Waals surface area contributed by atoms with Gasteiger partial charge in [0.1, 0.15) is 29.9 Å². The molecule has 0 unspecified atom stereocenters. The molecule has 0 amide bonds. The van der Waals surface area contributed by atoms with Crippen molar-refractivity contribution in [2.24, 2.45) is 0 Å². The van der Waals surface area contributed by atoms with E-state index in [2.05, 4.69) is 11.0 Å². The van der Waals surface area contributed by atoms with Crippen molar-refractivity contribution in [2.75, 3.05) is 26.2 Å². The maximum atomic E-state index is 13.8. The molecular formula is C29H26N2O4S. The molecule has 3 aromatic carbocycles. The van der Waals surface area contributed by atoms with Gasteiger partial charge >= 0.3 is 0 Å². The van der Waals surface area contributed by atoms with Crippen molar-refractivity contribution in [3.63, 3.8) is 0 Å². The summed E-state index contributed by atoms with van der Waals surface area (Å²) in [5, 5.41) is 30.2. The van der Waals surface area contributed by atoms with Crippen LogP contribution >= 0.6 is 11.3 Å². The van der Waals surface area contributed by atoms with Crippen LogP contribution in [-0.4, -0.2) is 47.1 Å². The molecule has 0 bridgehead atoms. The number of ether oxygens (including phenoxy) is 1. The first-order chi connectivity index (χ1) is 17.5. The number of rotatable bonds is 7. The number of carbonyl (C=O) groups excluding carboxylic acids is 1. The molecule has 0 atom stereocenters. The minimum Gasteiger partial charge on any atom is -0.508 e. The Kier molecular flexibility index (Phi) is 6.90. The Morgan fingerprint density at radius 3 is 2.47 bits per heavy atom. The lowest BCUT2D eigenvalue weighted by atomic mass is 9.96. The van der Waals surface area contributed by atoms with Crippen LogP contribution in [0.1, 0.15) is 40.7 Å². The predicted molar refractivity (Wildman–Crippen MR) is 141 cm³/mol. The van der Waals surface area contributed by atoms with Crippen LogP contribution in [0.3, 0.4) is 0 Å². The summed E-state index contributed by atoms with van der Waals surface area (Å²) in [6.07, 6.45) is 3.70. The van der Waals surface area contributed by atoms with Crippen molar-refractivity contribution in [3.8, 4) is 33.8 Å². The number of carbonyl (C=O) groups is 1. The third-order valence-electron chi connectivity index (χ3n) is 6.51. The zero-order chi connectivity index (χ0) is 25.1. The summed E-state index contributed by atoms with van der Waals surface area (Å²) < 4.78 is 6.70. The molecule has 182 valence electrons. The number of fused-ring (bicyclic) bond motifs is 1. The molecule has 5 rings (SSSR count).